The summed E-state index contributed by atoms with van der Waals surface area (Å²) in [4.78, 5) is 0. The summed E-state index contributed by atoms with van der Waals surface area (Å²) in [6, 6.07) is 14.7. The van der Waals surface area contributed by atoms with Crippen molar-refractivity contribution in [2.45, 2.75) is 19.5 Å². The van der Waals surface area contributed by atoms with Crippen LogP contribution in [-0.2, 0) is 19.2 Å². The van der Waals surface area contributed by atoms with Gasteiger partial charge in [0.2, 0.25) is 0 Å². The van der Waals surface area contributed by atoms with Gasteiger partial charge in [0.25, 0.3) is 0 Å². The van der Waals surface area contributed by atoms with Crippen LogP contribution in [0.5, 0.6) is 0 Å². The minimum absolute atomic E-state index is 0.120. The van der Waals surface area contributed by atoms with Crippen molar-refractivity contribution in [1.29, 1.82) is 0 Å². The van der Waals surface area contributed by atoms with Gasteiger partial charge in [0.05, 0.1) is 0 Å². The van der Waals surface area contributed by atoms with Crippen LogP contribution in [0.25, 0.3) is 10.8 Å². The Morgan fingerprint density at radius 1 is 1.09 bits per heavy atom. The third kappa shape index (κ3) is 14.1. The maximum Gasteiger partial charge on any atom is -0.0809 e. The predicted molar refractivity (Wildman–Crippen MR) is 90.4 cm³/mol. The van der Waals surface area contributed by atoms with Crippen molar-refractivity contribution in [3.05, 3.63) is 66.8 Å². The zero-order valence-corrected chi connectivity index (χ0v) is 16.4. The van der Waals surface area contributed by atoms with Crippen molar-refractivity contribution in [1.82, 2.24) is 0 Å². The van der Waals surface area contributed by atoms with Crippen LogP contribution in [0.15, 0.2) is 60.7 Å². The minimum atomic E-state index is 0.120. The van der Waals surface area contributed by atoms with Gasteiger partial charge in [-0.25, -0.2) is 12.2 Å². The van der Waals surface area contributed by atoms with Gasteiger partial charge in [-0.3, -0.25) is 6.08 Å². The zero-order valence-electron chi connectivity index (χ0n) is 13.8. The maximum absolute atomic E-state index is 8.25. The summed E-state index contributed by atoms with van der Waals surface area (Å²) >= 11 is 2.27. The van der Waals surface area contributed by atoms with E-state index in [0.29, 0.717) is 0 Å². The third-order valence-electron chi connectivity index (χ3n) is 2.13. The topological polar surface area (TPSA) is 46.1 Å². The molecule has 1 aliphatic carbocycles. The molecule has 0 aliphatic heterocycles. The average Bonchev–Trinajstić information content (AvgIpc) is 3.25. The summed E-state index contributed by atoms with van der Waals surface area (Å²) in [6.07, 6.45) is 10.1. The van der Waals surface area contributed by atoms with E-state index in [1.54, 1.807) is 0 Å². The summed E-state index contributed by atoms with van der Waals surface area (Å²) in [5.41, 5.74) is 0. The second-order valence-electron chi connectivity index (χ2n) is 4.16. The van der Waals surface area contributed by atoms with Crippen molar-refractivity contribution >= 4 is 17.0 Å². The van der Waals surface area contributed by atoms with Gasteiger partial charge in [-0.05, 0) is 0 Å². The number of benzene rings is 1. The molecule has 0 amide bonds. The molecule has 0 fully saturated rings. The Labute approximate surface area is 146 Å². The van der Waals surface area contributed by atoms with Gasteiger partial charge in [-0.15, -0.1) is 36.1 Å². The van der Waals surface area contributed by atoms with E-state index in [0.717, 1.165) is 20.6 Å². The van der Waals surface area contributed by atoms with Gasteiger partial charge in [-0.2, -0.15) is 37.8 Å². The van der Waals surface area contributed by atoms with Crippen molar-refractivity contribution in [2.75, 3.05) is 14.2 Å². The van der Waals surface area contributed by atoms with Crippen molar-refractivity contribution in [3.63, 3.8) is 0 Å². The van der Waals surface area contributed by atoms with Crippen LogP contribution in [0.3, 0.4) is 0 Å². The van der Waals surface area contributed by atoms with Gasteiger partial charge < -0.3 is 10.2 Å². The van der Waals surface area contributed by atoms with E-state index in [4.69, 9.17) is 10.2 Å². The molecule has 0 atom stereocenters. The van der Waals surface area contributed by atoms with Crippen LogP contribution < -0.4 is 10.2 Å². The molecule has 1 aliphatic rings. The number of fused-ring (bicyclic) bond motifs is 1. The van der Waals surface area contributed by atoms with Crippen molar-refractivity contribution < 1.29 is 29.4 Å². The van der Waals surface area contributed by atoms with Crippen LogP contribution in [0.1, 0.15) is 6.42 Å². The third-order valence-corrected chi connectivity index (χ3v) is 2.13. The molecule has 0 aromatic heterocycles. The maximum atomic E-state index is 8.25. The molecule has 0 heterocycles. The molecule has 0 spiro atoms. The Bertz CT molecular complexity index is 501. The summed E-state index contributed by atoms with van der Waals surface area (Å²) < 4.78 is 0. The van der Waals surface area contributed by atoms with Gasteiger partial charge in [0, 0.05) is 0 Å². The Hall–Kier alpha value is -0.839. The normalized spacial score (nSPS) is 10.0. The molecule has 2 nitrogen and oxygen atoms in total. The van der Waals surface area contributed by atoms with Crippen molar-refractivity contribution in [2.24, 2.45) is 0 Å². The van der Waals surface area contributed by atoms with Crippen LogP contribution in [-0.4, -0.2) is 20.4 Å². The molecule has 0 unspecified atom stereocenters. The second kappa shape index (κ2) is 18.2. The summed E-state index contributed by atoms with van der Waals surface area (Å²) in [6.45, 7) is 4.54. The first-order valence-corrected chi connectivity index (χ1v) is 11.7. The number of rotatable bonds is 0. The molecule has 2 aromatic carbocycles. The number of hydrogen-bond donors (Lipinski definition) is 0. The standard InChI is InChI=1S/C9H7.C5H5.C2H6Si.2CH3O.Ti/c1-2-5-9-7-3-6-8(9)4-1;1-2-4-5-3-1;1-3-2;2*1-2;/h1-7H;1-3H,4H2;1-2H3;2*1H3;/q2*-1;;2*-1;+2. The smallest absolute Gasteiger partial charge is 0.0809 e. The van der Waals surface area contributed by atoms with E-state index in [1.165, 1.54) is 10.8 Å². The van der Waals surface area contributed by atoms with E-state index >= 15 is 0 Å². The van der Waals surface area contributed by atoms with Gasteiger partial charge in [-0.1, -0.05) is 6.07 Å². The Morgan fingerprint density at radius 2 is 1.68 bits per heavy atom. The monoisotopic (exact) mass is 348 g/mol. The molecular formula is C18H24O2SiTi-2. The first-order valence-electron chi connectivity index (χ1n) is 6.86. The van der Waals surface area contributed by atoms with E-state index in [9.17, 15) is 0 Å². The minimum Gasteiger partial charge on any atom is -0.273 e. The number of hydrogen-bond acceptors (Lipinski definition) is 2. The van der Waals surface area contributed by atoms with Crippen LogP contribution in [0, 0.1) is 6.08 Å². The van der Waals surface area contributed by atoms with E-state index in [2.05, 4.69) is 86.9 Å². The molecule has 4 heteroatoms. The summed E-state index contributed by atoms with van der Waals surface area (Å²) in [7, 11) is 1.50. The first kappa shape index (κ1) is 23.4. The summed E-state index contributed by atoms with van der Waals surface area (Å²) in [5.74, 6) is 0. The zero-order chi connectivity index (χ0) is 17.2. The Balaban J connectivity index is 0. The Kier molecular flexibility index (Phi) is 19.4. The molecule has 22 heavy (non-hydrogen) atoms. The van der Waals surface area contributed by atoms with E-state index in [-0.39, 0.29) is 6.19 Å². The quantitative estimate of drug-likeness (QED) is 0.543. The molecular weight excluding hydrogens is 324 g/mol. The molecule has 0 saturated heterocycles. The Morgan fingerprint density at radius 3 is 2.09 bits per heavy atom. The van der Waals surface area contributed by atoms with Crippen LogP contribution >= 0.6 is 0 Å². The SMILES string of the molecule is C[O-].C[O-].C[Si](C)=[Ti+2].[C-]1=CC=CC1.c1ccc2[cH-]ccc2c1. The van der Waals surface area contributed by atoms with Crippen LogP contribution in [0.4, 0.5) is 0 Å². The van der Waals surface area contributed by atoms with E-state index in [1.807, 2.05) is 12.2 Å². The molecule has 0 radical (unpaired) electrons. The molecule has 0 saturated carbocycles. The second-order valence-corrected chi connectivity index (χ2v) is 10.8. The van der Waals surface area contributed by atoms with E-state index < -0.39 is 0 Å². The predicted octanol–water partition coefficient (Wildman–Crippen LogP) is 2.60. The molecule has 118 valence electrons. The van der Waals surface area contributed by atoms with Gasteiger partial charge >= 0.3 is 38.5 Å². The fraction of sp³-hybridized carbons (Fsp3) is 0.278. The fourth-order valence-corrected chi connectivity index (χ4v) is 1.41. The van der Waals surface area contributed by atoms with Gasteiger partial charge in [0.15, 0.2) is 0 Å². The number of allylic oxidation sites excluding steroid dienone is 4. The van der Waals surface area contributed by atoms with Gasteiger partial charge in [0.1, 0.15) is 0 Å². The molecule has 2 aromatic rings. The van der Waals surface area contributed by atoms with Crippen molar-refractivity contribution in [3.8, 4) is 0 Å². The molecule has 0 N–H and O–H groups in total. The summed E-state index contributed by atoms with van der Waals surface area (Å²) in [5, 5.41) is 19.2. The van der Waals surface area contributed by atoms with Crippen LogP contribution in [0.2, 0.25) is 13.1 Å². The fourth-order valence-electron chi connectivity index (χ4n) is 1.41. The molecule has 0 bridgehead atoms. The molecule has 3 rings (SSSR count). The first-order chi connectivity index (χ1) is 10.7. The average molecular weight is 348 g/mol. The largest absolute Gasteiger partial charge is 0.273 e.